The van der Waals surface area contributed by atoms with Crippen molar-refractivity contribution in [2.75, 3.05) is 25.0 Å². The van der Waals surface area contributed by atoms with Crippen LogP contribution in [0.15, 0.2) is 41.3 Å². The lowest BCUT2D eigenvalue weighted by atomic mass is 10.1. The first kappa shape index (κ1) is 23.4. The topological polar surface area (TPSA) is 119 Å². The van der Waals surface area contributed by atoms with Crippen molar-refractivity contribution in [3.05, 3.63) is 53.1 Å². The van der Waals surface area contributed by atoms with Crippen LogP contribution >= 0.6 is 0 Å². The first-order chi connectivity index (χ1) is 14.1. The van der Waals surface area contributed by atoms with Crippen LogP contribution in [0.25, 0.3) is 0 Å². The minimum Gasteiger partial charge on any atom is -0.483 e. The highest BCUT2D eigenvalue weighted by Crippen LogP contribution is 2.27. The molecule has 0 heterocycles. The molecule has 9 heteroatoms. The minimum absolute atomic E-state index is 0.114. The van der Waals surface area contributed by atoms with E-state index >= 15 is 0 Å². The summed E-state index contributed by atoms with van der Waals surface area (Å²) in [6, 6.07) is 9.48. The lowest BCUT2D eigenvalue weighted by Crippen LogP contribution is -2.30. The van der Waals surface area contributed by atoms with E-state index in [4.69, 9.17) is 10.5 Å². The number of rotatable bonds is 9. The SMILES string of the molecule is CCN(CC)S(=O)(=O)c1cc(C)c(C)c(NC(=O)c2ccccc2OCC(N)=O)c1. The number of sulfonamides is 1. The summed E-state index contributed by atoms with van der Waals surface area (Å²) in [6.07, 6.45) is 0. The third kappa shape index (κ3) is 5.17. The van der Waals surface area contributed by atoms with Crippen molar-refractivity contribution in [2.24, 2.45) is 5.73 Å². The second kappa shape index (κ2) is 9.73. The molecule has 0 saturated carbocycles. The molecule has 0 spiro atoms. The molecule has 2 aromatic carbocycles. The number of primary amides is 1. The number of nitrogens with zero attached hydrogens (tertiary/aromatic N) is 1. The molecule has 0 bridgehead atoms. The number of hydrogen-bond acceptors (Lipinski definition) is 5. The van der Waals surface area contributed by atoms with Crippen LogP contribution in [0, 0.1) is 13.8 Å². The van der Waals surface area contributed by atoms with Gasteiger partial charge in [0.15, 0.2) is 6.61 Å². The Morgan fingerprint density at radius 2 is 1.73 bits per heavy atom. The molecule has 0 fully saturated rings. The maximum absolute atomic E-state index is 12.9. The third-order valence-corrected chi connectivity index (χ3v) is 6.76. The van der Waals surface area contributed by atoms with Gasteiger partial charge in [-0.3, -0.25) is 9.59 Å². The zero-order valence-electron chi connectivity index (χ0n) is 17.6. The van der Waals surface area contributed by atoms with Crippen LogP contribution in [0.3, 0.4) is 0 Å². The van der Waals surface area contributed by atoms with Crippen LogP contribution in [0.5, 0.6) is 5.75 Å². The Morgan fingerprint density at radius 3 is 2.33 bits per heavy atom. The fourth-order valence-corrected chi connectivity index (χ4v) is 4.51. The molecule has 0 aliphatic heterocycles. The van der Waals surface area contributed by atoms with E-state index in [0.29, 0.717) is 18.8 Å². The first-order valence-corrected chi connectivity index (χ1v) is 11.0. The van der Waals surface area contributed by atoms with Crippen LogP contribution < -0.4 is 15.8 Å². The minimum atomic E-state index is -3.68. The first-order valence-electron chi connectivity index (χ1n) is 9.54. The molecule has 162 valence electrons. The molecule has 0 aromatic heterocycles. The Hall–Kier alpha value is -2.91. The monoisotopic (exact) mass is 433 g/mol. The highest BCUT2D eigenvalue weighted by Gasteiger charge is 2.24. The molecule has 2 aromatic rings. The van der Waals surface area contributed by atoms with Crippen molar-refractivity contribution in [3.63, 3.8) is 0 Å². The third-order valence-electron chi connectivity index (χ3n) is 4.73. The Labute approximate surface area is 177 Å². The molecule has 2 rings (SSSR count). The van der Waals surface area contributed by atoms with Crippen molar-refractivity contribution in [2.45, 2.75) is 32.6 Å². The van der Waals surface area contributed by atoms with Gasteiger partial charge < -0.3 is 15.8 Å². The number of amides is 2. The summed E-state index contributed by atoms with van der Waals surface area (Å²) in [5, 5.41) is 2.76. The molecule has 0 saturated heterocycles. The standard InChI is InChI=1S/C21H27N3O5S/c1-5-24(6-2)30(27,28)16-11-14(3)15(4)18(12-16)23-21(26)17-9-7-8-10-19(17)29-13-20(22)25/h7-12H,5-6,13H2,1-4H3,(H2,22,25)(H,23,26). The van der Waals surface area contributed by atoms with Crippen LogP contribution in [-0.4, -0.2) is 44.2 Å². The number of nitrogens with two attached hydrogens (primary N) is 1. The van der Waals surface area contributed by atoms with E-state index in [1.54, 1.807) is 58.0 Å². The molecule has 0 aliphatic rings. The molecule has 0 unspecified atom stereocenters. The van der Waals surface area contributed by atoms with Crippen LogP contribution in [0.2, 0.25) is 0 Å². The van der Waals surface area contributed by atoms with Crippen LogP contribution in [0.1, 0.15) is 35.3 Å². The van der Waals surface area contributed by atoms with E-state index in [9.17, 15) is 18.0 Å². The van der Waals surface area contributed by atoms with Gasteiger partial charge in [-0.25, -0.2) is 8.42 Å². The number of carbonyl (C=O) groups is 2. The summed E-state index contributed by atoms with van der Waals surface area (Å²) in [6.45, 7) is 7.46. The predicted octanol–water partition coefficient (Wildman–Crippen LogP) is 2.45. The van der Waals surface area contributed by atoms with Gasteiger partial charge in [-0.05, 0) is 49.2 Å². The highest BCUT2D eigenvalue weighted by atomic mass is 32.2. The molecule has 2 amide bonds. The van der Waals surface area contributed by atoms with Crippen molar-refractivity contribution >= 4 is 27.5 Å². The molecule has 3 N–H and O–H groups in total. The molecule has 0 aliphatic carbocycles. The van der Waals surface area contributed by atoms with Gasteiger partial charge in [0.2, 0.25) is 10.0 Å². The van der Waals surface area contributed by atoms with E-state index in [0.717, 1.165) is 11.1 Å². The number of ether oxygens (including phenoxy) is 1. The zero-order chi connectivity index (χ0) is 22.5. The number of nitrogens with one attached hydrogen (secondary N) is 1. The quantitative estimate of drug-likeness (QED) is 0.630. The predicted molar refractivity (Wildman–Crippen MR) is 115 cm³/mol. The fraction of sp³-hybridized carbons (Fsp3) is 0.333. The zero-order valence-corrected chi connectivity index (χ0v) is 18.4. The number of benzene rings is 2. The highest BCUT2D eigenvalue weighted by molar-refractivity contribution is 7.89. The van der Waals surface area contributed by atoms with E-state index in [1.807, 2.05) is 0 Å². The van der Waals surface area contributed by atoms with Crippen molar-refractivity contribution in [1.82, 2.24) is 4.31 Å². The van der Waals surface area contributed by atoms with Gasteiger partial charge in [0.25, 0.3) is 11.8 Å². The lowest BCUT2D eigenvalue weighted by Gasteiger charge is -2.20. The number of hydrogen-bond donors (Lipinski definition) is 2. The van der Waals surface area contributed by atoms with Gasteiger partial charge in [-0.1, -0.05) is 26.0 Å². The Bertz CT molecular complexity index is 1050. The number of para-hydroxylation sites is 1. The van der Waals surface area contributed by atoms with Crippen molar-refractivity contribution < 1.29 is 22.7 Å². The van der Waals surface area contributed by atoms with Gasteiger partial charge >= 0.3 is 0 Å². The Morgan fingerprint density at radius 1 is 1.10 bits per heavy atom. The second-order valence-corrected chi connectivity index (χ2v) is 8.65. The smallest absolute Gasteiger partial charge is 0.259 e. The molecule has 30 heavy (non-hydrogen) atoms. The maximum atomic E-state index is 12.9. The second-order valence-electron chi connectivity index (χ2n) is 6.71. The maximum Gasteiger partial charge on any atom is 0.259 e. The Kier molecular flexibility index (Phi) is 7.58. The van der Waals surface area contributed by atoms with Gasteiger partial charge in [-0.15, -0.1) is 0 Å². The summed E-state index contributed by atoms with van der Waals surface area (Å²) in [5.74, 6) is -0.948. The molecule has 8 nitrogen and oxygen atoms in total. The van der Waals surface area contributed by atoms with E-state index < -0.39 is 21.8 Å². The summed E-state index contributed by atoms with van der Waals surface area (Å²) >= 11 is 0. The largest absolute Gasteiger partial charge is 0.483 e. The van der Waals surface area contributed by atoms with Crippen LogP contribution in [0.4, 0.5) is 5.69 Å². The fourth-order valence-electron chi connectivity index (χ4n) is 2.94. The number of carbonyl (C=O) groups excluding carboxylic acids is 2. The normalized spacial score (nSPS) is 11.4. The summed E-state index contributed by atoms with van der Waals surface area (Å²) in [4.78, 5) is 24.0. The van der Waals surface area contributed by atoms with Gasteiger partial charge in [0, 0.05) is 18.8 Å². The van der Waals surface area contributed by atoms with Crippen molar-refractivity contribution in [3.8, 4) is 5.75 Å². The number of anilines is 1. The van der Waals surface area contributed by atoms with E-state index in [2.05, 4.69) is 5.32 Å². The number of aryl methyl sites for hydroxylation is 1. The van der Waals surface area contributed by atoms with Gasteiger partial charge in [0.05, 0.1) is 10.5 Å². The van der Waals surface area contributed by atoms with Crippen LogP contribution in [-0.2, 0) is 14.8 Å². The Balaban J connectivity index is 2.41. The lowest BCUT2D eigenvalue weighted by molar-refractivity contribution is -0.119. The average molecular weight is 434 g/mol. The van der Waals surface area contributed by atoms with Crippen molar-refractivity contribution in [1.29, 1.82) is 0 Å². The molecular weight excluding hydrogens is 406 g/mol. The van der Waals surface area contributed by atoms with Gasteiger partial charge in [0.1, 0.15) is 5.75 Å². The van der Waals surface area contributed by atoms with E-state index in [-0.39, 0.29) is 22.8 Å². The summed E-state index contributed by atoms with van der Waals surface area (Å²) in [7, 11) is -3.68. The average Bonchev–Trinajstić information content (AvgIpc) is 2.70. The molecule has 0 radical (unpaired) electrons. The molecular formula is C21H27N3O5S. The van der Waals surface area contributed by atoms with Gasteiger partial charge in [-0.2, -0.15) is 4.31 Å². The summed E-state index contributed by atoms with van der Waals surface area (Å²) in [5.41, 5.74) is 7.17. The summed E-state index contributed by atoms with van der Waals surface area (Å²) < 4.78 is 32.5. The van der Waals surface area contributed by atoms with E-state index in [1.165, 1.54) is 10.4 Å². The molecule has 0 atom stereocenters.